The van der Waals surface area contributed by atoms with Crippen LogP contribution in [0.5, 0.6) is 0 Å². The molecule has 2 heterocycles. The van der Waals surface area contributed by atoms with E-state index in [-0.39, 0.29) is 6.61 Å². The maximum atomic E-state index is 9.37. The molecule has 0 atom stereocenters. The molecule has 4 nitrogen and oxygen atoms in total. The number of thiazole rings is 1. The topological polar surface area (TPSA) is 45.6 Å². The second-order valence-electron chi connectivity index (χ2n) is 5.61. The average molecular weight is 284 g/mol. The number of hydrogen-bond donors (Lipinski definition) is 1. The van der Waals surface area contributed by atoms with Gasteiger partial charge in [0.05, 0.1) is 23.8 Å². The number of methoxy groups -OCH3 is 1. The molecule has 1 aromatic heterocycles. The van der Waals surface area contributed by atoms with Crippen molar-refractivity contribution in [3.05, 3.63) is 10.6 Å². The molecule has 0 unspecified atom stereocenters. The Kier molecular flexibility index (Phi) is 4.81. The molecule has 0 aliphatic carbocycles. The van der Waals surface area contributed by atoms with E-state index in [4.69, 9.17) is 4.74 Å². The minimum absolute atomic E-state index is 0.0525. The summed E-state index contributed by atoms with van der Waals surface area (Å²) < 4.78 is 5.14. The molecule has 0 saturated carbocycles. The molecule has 0 amide bonds. The highest BCUT2D eigenvalue weighted by Crippen LogP contribution is 2.37. The van der Waals surface area contributed by atoms with Gasteiger partial charge in [-0.05, 0) is 18.3 Å². The lowest BCUT2D eigenvalue weighted by atomic mass is 9.78. The largest absolute Gasteiger partial charge is 0.391 e. The van der Waals surface area contributed by atoms with Gasteiger partial charge in [0, 0.05) is 20.2 Å². The van der Waals surface area contributed by atoms with E-state index in [1.807, 2.05) is 0 Å². The third-order valence-corrected chi connectivity index (χ3v) is 5.43. The third-order valence-electron chi connectivity index (χ3n) is 4.29. The number of piperidine rings is 1. The Morgan fingerprint density at radius 3 is 2.63 bits per heavy atom. The summed E-state index contributed by atoms with van der Waals surface area (Å²) in [5.74, 6) is 0. The Labute approximate surface area is 119 Å². The van der Waals surface area contributed by atoms with E-state index < -0.39 is 0 Å². The molecular formula is C14H24N2O2S. The van der Waals surface area contributed by atoms with E-state index in [0.717, 1.165) is 28.8 Å². The molecule has 1 aromatic rings. The van der Waals surface area contributed by atoms with Gasteiger partial charge in [0.1, 0.15) is 0 Å². The summed E-state index contributed by atoms with van der Waals surface area (Å²) in [4.78, 5) is 7.91. The van der Waals surface area contributed by atoms with Gasteiger partial charge in [-0.1, -0.05) is 31.6 Å². The summed E-state index contributed by atoms with van der Waals surface area (Å²) in [6, 6.07) is 0. The van der Waals surface area contributed by atoms with Crippen LogP contribution in [0.4, 0.5) is 5.13 Å². The minimum atomic E-state index is 0.0525. The smallest absolute Gasteiger partial charge is 0.185 e. The molecule has 5 heteroatoms. The van der Waals surface area contributed by atoms with Gasteiger partial charge in [-0.2, -0.15) is 0 Å². The second kappa shape index (κ2) is 6.20. The van der Waals surface area contributed by atoms with Crippen molar-refractivity contribution in [1.29, 1.82) is 0 Å². The van der Waals surface area contributed by atoms with E-state index in [0.29, 0.717) is 12.0 Å². The maximum Gasteiger partial charge on any atom is 0.185 e. The van der Waals surface area contributed by atoms with Crippen molar-refractivity contribution in [1.82, 2.24) is 4.98 Å². The van der Waals surface area contributed by atoms with Gasteiger partial charge in [0.15, 0.2) is 5.13 Å². The molecule has 0 aromatic carbocycles. The quantitative estimate of drug-likeness (QED) is 0.903. The van der Waals surface area contributed by atoms with Gasteiger partial charge in [-0.25, -0.2) is 4.98 Å². The lowest BCUT2D eigenvalue weighted by molar-refractivity contribution is 0.179. The molecule has 2 rings (SSSR count). The molecule has 1 aliphatic rings. The van der Waals surface area contributed by atoms with E-state index in [2.05, 4.69) is 23.7 Å². The van der Waals surface area contributed by atoms with Crippen LogP contribution >= 0.6 is 11.3 Å². The van der Waals surface area contributed by atoms with Crippen LogP contribution in [0.15, 0.2) is 0 Å². The van der Waals surface area contributed by atoms with Crippen LogP contribution in [0.25, 0.3) is 0 Å². The van der Waals surface area contributed by atoms with Gasteiger partial charge in [-0.3, -0.25) is 0 Å². The van der Waals surface area contributed by atoms with Crippen molar-refractivity contribution in [2.75, 3.05) is 25.1 Å². The van der Waals surface area contributed by atoms with Crippen molar-refractivity contribution in [2.45, 2.75) is 46.3 Å². The van der Waals surface area contributed by atoms with Crippen LogP contribution in [0.2, 0.25) is 0 Å². The maximum absolute atomic E-state index is 9.37. The van der Waals surface area contributed by atoms with Gasteiger partial charge in [-0.15, -0.1) is 0 Å². The number of aliphatic hydroxyl groups excluding tert-OH is 1. The van der Waals surface area contributed by atoms with Gasteiger partial charge >= 0.3 is 0 Å². The van der Waals surface area contributed by atoms with E-state index in [9.17, 15) is 5.11 Å². The highest BCUT2D eigenvalue weighted by molar-refractivity contribution is 7.15. The monoisotopic (exact) mass is 284 g/mol. The zero-order valence-electron chi connectivity index (χ0n) is 12.1. The second-order valence-corrected chi connectivity index (χ2v) is 6.67. The molecule has 1 saturated heterocycles. The first-order valence-electron chi connectivity index (χ1n) is 6.95. The Morgan fingerprint density at radius 1 is 1.42 bits per heavy atom. The molecule has 0 spiro atoms. The minimum Gasteiger partial charge on any atom is -0.391 e. The molecule has 1 aliphatic heterocycles. The van der Waals surface area contributed by atoms with Crippen LogP contribution in [0, 0.1) is 5.41 Å². The number of aliphatic hydroxyl groups is 1. The van der Waals surface area contributed by atoms with Crippen LogP contribution in [0.3, 0.4) is 0 Å². The normalized spacial score (nSPS) is 18.8. The van der Waals surface area contributed by atoms with Gasteiger partial charge in [0.2, 0.25) is 0 Å². The lowest BCUT2D eigenvalue weighted by Crippen LogP contribution is -2.38. The molecule has 1 N–H and O–H groups in total. The van der Waals surface area contributed by atoms with E-state index in [1.54, 1.807) is 18.4 Å². The van der Waals surface area contributed by atoms with E-state index >= 15 is 0 Å². The molecule has 19 heavy (non-hydrogen) atoms. The number of nitrogens with zero attached hydrogens (tertiary/aromatic N) is 2. The number of rotatable bonds is 5. The molecule has 0 bridgehead atoms. The molecular weight excluding hydrogens is 260 g/mol. The first kappa shape index (κ1) is 14.8. The van der Waals surface area contributed by atoms with Gasteiger partial charge < -0.3 is 14.7 Å². The zero-order chi connectivity index (χ0) is 13.9. The van der Waals surface area contributed by atoms with Crippen molar-refractivity contribution < 1.29 is 9.84 Å². The SMILES string of the molecule is CCC1(C)CCN(c2nc(COC)c(CO)s2)CC1. The summed E-state index contributed by atoms with van der Waals surface area (Å²) >= 11 is 1.60. The Hall–Kier alpha value is -0.650. The Balaban J connectivity index is 2.07. The first-order chi connectivity index (χ1) is 9.11. The number of anilines is 1. The summed E-state index contributed by atoms with van der Waals surface area (Å²) in [6.45, 7) is 7.31. The third kappa shape index (κ3) is 3.27. The Morgan fingerprint density at radius 2 is 2.11 bits per heavy atom. The van der Waals surface area contributed by atoms with Crippen LogP contribution in [0.1, 0.15) is 43.7 Å². The standard InChI is InChI=1S/C14H24N2O2S/c1-4-14(2)5-7-16(8-6-14)13-15-11(10-18-3)12(9-17)19-13/h17H,4-10H2,1-3H3. The van der Waals surface area contributed by atoms with Gasteiger partial charge in [0.25, 0.3) is 0 Å². The fourth-order valence-corrected chi connectivity index (χ4v) is 3.44. The van der Waals surface area contributed by atoms with Crippen molar-refractivity contribution in [2.24, 2.45) is 5.41 Å². The summed E-state index contributed by atoms with van der Waals surface area (Å²) in [6.07, 6.45) is 3.68. The number of ether oxygens (including phenoxy) is 1. The first-order valence-corrected chi connectivity index (χ1v) is 7.77. The van der Waals surface area contributed by atoms with Crippen molar-refractivity contribution in [3.8, 4) is 0 Å². The summed E-state index contributed by atoms with van der Waals surface area (Å²) in [7, 11) is 1.66. The summed E-state index contributed by atoms with van der Waals surface area (Å²) in [5, 5.41) is 10.4. The van der Waals surface area contributed by atoms with E-state index in [1.165, 1.54) is 19.3 Å². The molecule has 108 valence electrons. The van der Waals surface area contributed by atoms with Crippen molar-refractivity contribution >= 4 is 16.5 Å². The number of aromatic nitrogens is 1. The molecule has 0 radical (unpaired) electrons. The van der Waals surface area contributed by atoms with Crippen LogP contribution in [-0.2, 0) is 18.0 Å². The zero-order valence-corrected chi connectivity index (χ0v) is 12.9. The van der Waals surface area contributed by atoms with Crippen molar-refractivity contribution in [3.63, 3.8) is 0 Å². The van der Waals surface area contributed by atoms with Crippen LogP contribution < -0.4 is 4.90 Å². The van der Waals surface area contributed by atoms with Crippen LogP contribution in [-0.4, -0.2) is 30.3 Å². The fraction of sp³-hybridized carbons (Fsp3) is 0.786. The fourth-order valence-electron chi connectivity index (χ4n) is 2.47. The predicted molar refractivity (Wildman–Crippen MR) is 78.6 cm³/mol. The predicted octanol–water partition coefficient (Wildman–Crippen LogP) is 2.80. The lowest BCUT2D eigenvalue weighted by Gasteiger charge is -2.38. The highest BCUT2D eigenvalue weighted by atomic mass is 32.1. The Bertz CT molecular complexity index is 412. The molecule has 1 fully saturated rings. The number of hydrogen-bond acceptors (Lipinski definition) is 5. The summed E-state index contributed by atoms with van der Waals surface area (Å²) in [5.41, 5.74) is 1.37. The average Bonchev–Trinajstić information content (AvgIpc) is 2.83. The highest BCUT2D eigenvalue weighted by Gasteiger charge is 2.29.